The number of nitrogens with two attached hydrogens (primary N) is 1. The van der Waals surface area contributed by atoms with E-state index in [2.05, 4.69) is 14.9 Å². The number of nitrogens with zero attached hydrogens (tertiary/aromatic N) is 5. The minimum Gasteiger partial charge on any atom is -0.329 e. The Morgan fingerprint density at radius 1 is 1.33 bits per heavy atom. The van der Waals surface area contributed by atoms with Crippen molar-refractivity contribution in [2.24, 2.45) is 5.73 Å². The molecular weight excluding hydrogens is 288 g/mol. The smallest absolute Gasteiger partial charge is 0.163 e. The van der Waals surface area contributed by atoms with Gasteiger partial charge in [0.15, 0.2) is 5.82 Å². The quantitative estimate of drug-likeness (QED) is 0.802. The lowest BCUT2D eigenvalue weighted by Gasteiger charge is -2.05. The van der Waals surface area contributed by atoms with E-state index < -0.39 is 0 Å². The van der Waals surface area contributed by atoms with Crippen LogP contribution in [0, 0.1) is 0 Å². The molecule has 0 atom stereocenters. The lowest BCUT2D eigenvalue weighted by Crippen LogP contribution is -2.10. The Kier molecular flexibility index (Phi) is 2.94. The number of imidazole rings is 1. The molecule has 7 heteroatoms. The maximum absolute atomic E-state index is 6.13. The van der Waals surface area contributed by atoms with Crippen molar-refractivity contribution in [1.82, 2.24) is 24.5 Å². The van der Waals surface area contributed by atoms with Crippen LogP contribution in [0.25, 0.3) is 22.6 Å². The summed E-state index contributed by atoms with van der Waals surface area (Å²) in [5.41, 5.74) is 8.33. The summed E-state index contributed by atoms with van der Waals surface area (Å²) in [7, 11) is 0. The summed E-state index contributed by atoms with van der Waals surface area (Å²) in [5.74, 6) is 0.859. The highest BCUT2D eigenvalue weighted by molar-refractivity contribution is 6.31. The number of halogens is 1. The number of hydrogen-bond donors (Lipinski definition) is 1. The van der Waals surface area contributed by atoms with Gasteiger partial charge in [-0.25, -0.2) is 4.98 Å². The van der Waals surface area contributed by atoms with Crippen LogP contribution in [0.3, 0.4) is 0 Å². The van der Waals surface area contributed by atoms with Crippen molar-refractivity contribution in [3.05, 3.63) is 29.4 Å². The molecule has 1 aliphatic rings. The third-order valence-electron chi connectivity index (χ3n) is 3.69. The zero-order valence-electron chi connectivity index (χ0n) is 11.4. The Morgan fingerprint density at radius 2 is 2.19 bits per heavy atom. The summed E-state index contributed by atoms with van der Waals surface area (Å²) in [5, 5.41) is 9.06. The number of benzene rings is 1. The lowest BCUT2D eigenvalue weighted by atomic mass is 10.3. The molecule has 0 bridgehead atoms. The molecule has 0 amide bonds. The standard InChI is InChI=1S/C14H15ClN6/c15-9-1-4-11-13(7-9)21(10-2-3-10)14(17-11)12-8-20(6-5-16)19-18-12/h1,4,7-8,10H,2-3,5-6,16H2. The summed E-state index contributed by atoms with van der Waals surface area (Å²) in [6.07, 6.45) is 4.23. The first kappa shape index (κ1) is 12.8. The van der Waals surface area contributed by atoms with E-state index in [0.29, 0.717) is 19.1 Å². The van der Waals surface area contributed by atoms with Crippen molar-refractivity contribution in [3.63, 3.8) is 0 Å². The maximum Gasteiger partial charge on any atom is 0.163 e. The fraction of sp³-hybridized carbons (Fsp3) is 0.357. The first-order valence-electron chi connectivity index (χ1n) is 7.04. The Bertz CT molecular complexity index is 801. The average molecular weight is 303 g/mol. The minimum absolute atomic E-state index is 0.489. The van der Waals surface area contributed by atoms with Crippen LogP contribution in [0.4, 0.5) is 0 Å². The van der Waals surface area contributed by atoms with Crippen molar-refractivity contribution in [3.8, 4) is 11.5 Å². The van der Waals surface area contributed by atoms with Crippen LogP contribution in [-0.4, -0.2) is 31.1 Å². The van der Waals surface area contributed by atoms with Gasteiger partial charge in [-0.05, 0) is 31.0 Å². The maximum atomic E-state index is 6.13. The van der Waals surface area contributed by atoms with Gasteiger partial charge in [0.1, 0.15) is 5.69 Å². The van der Waals surface area contributed by atoms with Gasteiger partial charge in [-0.15, -0.1) is 5.10 Å². The summed E-state index contributed by atoms with van der Waals surface area (Å²) >= 11 is 6.13. The monoisotopic (exact) mass is 302 g/mol. The van der Waals surface area contributed by atoms with Crippen LogP contribution in [0.2, 0.25) is 5.02 Å². The van der Waals surface area contributed by atoms with Gasteiger partial charge in [-0.1, -0.05) is 16.8 Å². The number of hydrogen-bond acceptors (Lipinski definition) is 4. The SMILES string of the molecule is NCCn1cc(-c2nc3ccc(Cl)cc3n2C2CC2)nn1. The molecule has 21 heavy (non-hydrogen) atoms. The van der Waals surface area contributed by atoms with E-state index in [4.69, 9.17) is 22.3 Å². The van der Waals surface area contributed by atoms with Gasteiger partial charge < -0.3 is 10.3 Å². The molecule has 108 valence electrons. The van der Waals surface area contributed by atoms with Crippen LogP contribution >= 0.6 is 11.6 Å². The Hall–Kier alpha value is -1.92. The summed E-state index contributed by atoms with van der Waals surface area (Å²) in [6, 6.07) is 6.27. The third-order valence-corrected chi connectivity index (χ3v) is 3.92. The Morgan fingerprint density at radius 3 is 2.95 bits per heavy atom. The summed E-state index contributed by atoms with van der Waals surface area (Å²) in [4.78, 5) is 4.72. The Labute approximate surface area is 126 Å². The molecule has 0 radical (unpaired) electrons. The van der Waals surface area contributed by atoms with Crippen molar-refractivity contribution in [2.45, 2.75) is 25.4 Å². The fourth-order valence-corrected chi connectivity index (χ4v) is 2.76. The molecule has 2 N–H and O–H groups in total. The van der Waals surface area contributed by atoms with E-state index in [1.165, 1.54) is 12.8 Å². The molecule has 1 aliphatic carbocycles. The molecule has 0 aliphatic heterocycles. The largest absolute Gasteiger partial charge is 0.329 e. The van der Waals surface area contributed by atoms with Gasteiger partial charge in [-0.2, -0.15) is 0 Å². The molecule has 1 fully saturated rings. The molecule has 2 heterocycles. The minimum atomic E-state index is 0.489. The molecule has 0 spiro atoms. The molecule has 6 nitrogen and oxygen atoms in total. The summed E-state index contributed by atoms with van der Waals surface area (Å²) < 4.78 is 3.98. The second-order valence-electron chi connectivity index (χ2n) is 5.33. The van der Waals surface area contributed by atoms with Crippen molar-refractivity contribution >= 4 is 22.6 Å². The third kappa shape index (κ3) is 2.20. The predicted octanol–water partition coefficient (Wildman–Crippen LogP) is 2.24. The van der Waals surface area contributed by atoms with Crippen molar-refractivity contribution in [1.29, 1.82) is 0 Å². The first-order chi connectivity index (χ1) is 10.3. The zero-order valence-corrected chi connectivity index (χ0v) is 12.2. The van der Waals surface area contributed by atoms with Gasteiger partial charge in [0, 0.05) is 17.6 Å². The molecule has 3 aromatic rings. The molecule has 1 saturated carbocycles. The molecular formula is C14H15ClN6. The first-order valence-corrected chi connectivity index (χ1v) is 7.42. The van der Waals surface area contributed by atoms with Gasteiger partial charge in [0.25, 0.3) is 0 Å². The Balaban J connectivity index is 1.88. The van der Waals surface area contributed by atoms with Gasteiger partial charge in [0.2, 0.25) is 0 Å². The highest BCUT2D eigenvalue weighted by Crippen LogP contribution is 2.41. The van der Waals surface area contributed by atoms with Gasteiger partial charge >= 0.3 is 0 Å². The van der Waals surface area contributed by atoms with Crippen LogP contribution in [-0.2, 0) is 6.54 Å². The van der Waals surface area contributed by atoms with E-state index in [-0.39, 0.29) is 0 Å². The van der Waals surface area contributed by atoms with E-state index in [9.17, 15) is 0 Å². The molecule has 0 unspecified atom stereocenters. The second kappa shape index (κ2) is 4.82. The number of rotatable bonds is 4. The van der Waals surface area contributed by atoms with E-state index in [1.807, 2.05) is 24.4 Å². The fourth-order valence-electron chi connectivity index (χ4n) is 2.59. The second-order valence-corrected chi connectivity index (χ2v) is 5.76. The van der Waals surface area contributed by atoms with Gasteiger partial charge in [0.05, 0.1) is 23.8 Å². The van der Waals surface area contributed by atoms with Crippen LogP contribution in [0.5, 0.6) is 0 Å². The zero-order chi connectivity index (χ0) is 14.4. The average Bonchev–Trinajstić information content (AvgIpc) is 3.08. The van der Waals surface area contributed by atoms with Crippen LogP contribution in [0.15, 0.2) is 24.4 Å². The number of fused-ring (bicyclic) bond motifs is 1. The lowest BCUT2D eigenvalue weighted by molar-refractivity contribution is 0.598. The van der Waals surface area contributed by atoms with E-state index in [0.717, 1.165) is 27.6 Å². The topological polar surface area (TPSA) is 74.6 Å². The van der Waals surface area contributed by atoms with Crippen molar-refractivity contribution in [2.75, 3.05) is 6.54 Å². The molecule has 2 aromatic heterocycles. The highest BCUT2D eigenvalue weighted by Gasteiger charge is 2.29. The van der Waals surface area contributed by atoms with E-state index >= 15 is 0 Å². The molecule has 0 saturated heterocycles. The van der Waals surface area contributed by atoms with Crippen LogP contribution < -0.4 is 5.73 Å². The molecule has 4 rings (SSSR count). The predicted molar refractivity (Wildman–Crippen MR) is 81.1 cm³/mol. The molecule has 1 aromatic carbocycles. The van der Waals surface area contributed by atoms with Crippen molar-refractivity contribution < 1.29 is 0 Å². The van der Waals surface area contributed by atoms with E-state index in [1.54, 1.807) is 4.68 Å². The van der Waals surface area contributed by atoms with Gasteiger partial charge in [-0.3, -0.25) is 4.68 Å². The number of aromatic nitrogens is 5. The summed E-state index contributed by atoms with van der Waals surface area (Å²) in [6.45, 7) is 1.19. The normalized spacial score (nSPS) is 15.0. The highest BCUT2D eigenvalue weighted by atomic mass is 35.5. The van der Waals surface area contributed by atoms with Crippen LogP contribution in [0.1, 0.15) is 18.9 Å².